The highest BCUT2D eigenvalue weighted by molar-refractivity contribution is 6.18. The van der Waals surface area contributed by atoms with E-state index in [-0.39, 0.29) is 0 Å². The van der Waals surface area contributed by atoms with Gasteiger partial charge in [-0.15, -0.1) is 0 Å². The highest BCUT2D eigenvalue weighted by Crippen LogP contribution is 2.43. The summed E-state index contributed by atoms with van der Waals surface area (Å²) in [5.41, 5.74) is 8.89. The summed E-state index contributed by atoms with van der Waals surface area (Å²) in [6.07, 6.45) is 1.85. The lowest BCUT2D eigenvalue weighted by molar-refractivity contribution is 1.37. The first kappa shape index (κ1) is 26.8. The smallest absolute Gasteiger partial charge is 0.0972 e. The topological polar surface area (TPSA) is 25.8 Å². The van der Waals surface area contributed by atoms with E-state index in [1.807, 2.05) is 12.3 Å². The van der Waals surface area contributed by atoms with Gasteiger partial charge in [-0.2, -0.15) is 0 Å². The van der Waals surface area contributed by atoms with Crippen molar-refractivity contribution in [2.24, 2.45) is 0 Å². The number of rotatable bonds is 3. The molecule has 10 aromatic rings. The number of benzene rings is 8. The summed E-state index contributed by atoms with van der Waals surface area (Å²) in [5, 5.41) is 12.2. The first-order chi connectivity index (χ1) is 23.8. The predicted octanol–water partition coefficient (Wildman–Crippen LogP) is 12.4. The fourth-order valence-electron chi connectivity index (χ4n) is 7.68. The quantitative estimate of drug-likeness (QED) is 0.187. The van der Waals surface area contributed by atoms with Crippen molar-refractivity contribution in [1.29, 1.82) is 0 Å². The van der Waals surface area contributed by atoms with E-state index in [9.17, 15) is 0 Å². The van der Waals surface area contributed by atoms with Gasteiger partial charge in [0.25, 0.3) is 0 Å². The predicted molar refractivity (Wildman–Crippen MR) is 203 cm³/mol. The molecule has 0 aliphatic heterocycles. The van der Waals surface area contributed by atoms with Crippen LogP contribution in [0.4, 0.5) is 0 Å². The molecular formula is C46H28N2. The fourth-order valence-corrected chi connectivity index (χ4v) is 7.68. The molecule has 0 N–H and O–H groups in total. The van der Waals surface area contributed by atoms with Crippen molar-refractivity contribution in [2.45, 2.75) is 0 Å². The Kier molecular flexibility index (Phi) is 5.91. The summed E-state index contributed by atoms with van der Waals surface area (Å²) in [4.78, 5) is 9.89. The Labute approximate surface area is 277 Å². The average molecular weight is 609 g/mol. The zero-order valence-electron chi connectivity index (χ0n) is 26.1. The van der Waals surface area contributed by atoms with Gasteiger partial charge in [-0.1, -0.05) is 146 Å². The van der Waals surface area contributed by atoms with E-state index < -0.39 is 0 Å². The van der Waals surface area contributed by atoms with Gasteiger partial charge in [0.1, 0.15) is 0 Å². The van der Waals surface area contributed by atoms with Crippen molar-refractivity contribution >= 4 is 64.9 Å². The molecular weight excluding hydrogens is 581 g/mol. The summed E-state index contributed by atoms with van der Waals surface area (Å²) < 4.78 is 0. The molecule has 0 saturated heterocycles. The Hall–Kier alpha value is -6.38. The van der Waals surface area contributed by atoms with Crippen molar-refractivity contribution in [3.8, 4) is 33.5 Å². The molecule has 8 aromatic carbocycles. The van der Waals surface area contributed by atoms with Crippen LogP contribution in [0.25, 0.3) is 98.4 Å². The van der Waals surface area contributed by atoms with Gasteiger partial charge < -0.3 is 0 Å². The molecule has 2 heterocycles. The van der Waals surface area contributed by atoms with Crippen LogP contribution >= 0.6 is 0 Å². The Morgan fingerprint density at radius 2 is 0.750 bits per heavy atom. The zero-order valence-corrected chi connectivity index (χ0v) is 26.1. The van der Waals surface area contributed by atoms with E-state index in [2.05, 4.69) is 163 Å². The van der Waals surface area contributed by atoms with Crippen LogP contribution < -0.4 is 0 Å². The van der Waals surface area contributed by atoms with Gasteiger partial charge in [-0.05, 0) is 83.5 Å². The molecule has 48 heavy (non-hydrogen) atoms. The van der Waals surface area contributed by atoms with Crippen LogP contribution in [0.15, 0.2) is 170 Å². The van der Waals surface area contributed by atoms with Crippen LogP contribution in [-0.4, -0.2) is 9.97 Å². The van der Waals surface area contributed by atoms with E-state index in [1.54, 1.807) is 0 Å². The van der Waals surface area contributed by atoms with Gasteiger partial charge in [0.2, 0.25) is 0 Å². The van der Waals surface area contributed by atoms with Crippen LogP contribution in [0, 0.1) is 0 Å². The van der Waals surface area contributed by atoms with Crippen LogP contribution in [0.1, 0.15) is 0 Å². The van der Waals surface area contributed by atoms with E-state index in [1.165, 1.54) is 65.3 Å². The van der Waals surface area contributed by atoms with Crippen molar-refractivity contribution in [3.05, 3.63) is 170 Å². The molecule has 10 rings (SSSR count). The van der Waals surface area contributed by atoms with Gasteiger partial charge in [0.05, 0.1) is 16.7 Å². The molecule has 2 aromatic heterocycles. The highest BCUT2D eigenvalue weighted by atomic mass is 14.8. The maximum Gasteiger partial charge on any atom is 0.0972 e. The number of pyridine rings is 2. The number of fused-ring (bicyclic) bond motifs is 8. The molecule has 0 fully saturated rings. The molecule has 0 amide bonds. The molecule has 0 radical (unpaired) electrons. The molecule has 2 heteroatoms. The standard InChI is InChI=1S/C46H28N2/c1-2-12-32-31(10-1)28-43(38-18-8-3-13-33(32)38)41-23-22-39(34-14-4-5-15-35(34)41)40-24-25-42(37-17-7-6-16-36(37)40)44-26-21-30-20-19-29-11-9-27-47-45(29)46(30)48-44/h1-28H. The van der Waals surface area contributed by atoms with Crippen LogP contribution in [-0.2, 0) is 0 Å². The minimum absolute atomic E-state index is 0.932. The van der Waals surface area contributed by atoms with E-state index in [4.69, 9.17) is 4.98 Å². The number of hydrogen-bond acceptors (Lipinski definition) is 2. The van der Waals surface area contributed by atoms with Crippen molar-refractivity contribution in [3.63, 3.8) is 0 Å². The molecule has 2 nitrogen and oxygen atoms in total. The second kappa shape index (κ2) is 10.6. The minimum atomic E-state index is 0.932. The first-order valence-electron chi connectivity index (χ1n) is 16.4. The lowest BCUT2D eigenvalue weighted by atomic mass is 9.86. The SMILES string of the molecule is c1ccc2c(c1)cc(-c1ccc(-c3ccc(-c4ccc5ccc6cccnc6c5n4)c4ccccc34)c3ccccc13)c1ccccc12. The second-order valence-corrected chi connectivity index (χ2v) is 12.5. The summed E-state index contributed by atoms with van der Waals surface area (Å²) >= 11 is 0. The van der Waals surface area contributed by atoms with Crippen molar-refractivity contribution in [2.75, 3.05) is 0 Å². The zero-order chi connectivity index (χ0) is 31.6. The molecule has 0 atom stereocenters. The summed E-state index contributed by atoms with van der Waals surface area (Å²) in [6.45, 7) is 0. The largest absolute Gasteiger partial charge is 0.254 e. The maximum absolute atomic E-state index is 5.21. The Morgan fingerprint density at radius 3 is 1.42 bits per heavy atom. The van der Waals surface area contributed by atoms with Crippen molar-refractivity contribution < 1.29 is 0 Å². The Bertz CT molecular complexity index is 2900. The molecule has 0 aliphatic carbocycles. The third kappa shape index (κ3) is 4.06. The van der Waals surface area contributed by atoms with Crippen LogP contribution in [0.2, 0.25) is 0 Å². The Balaban J connectivity index is 1.18. The maximum atomic E-state index is 5.21. The minimum Gasteiger partial charge on any atom is -0.254 e. The first-order valence-corrected chi connectivity index (χ1v) is 16.4. The van der Waals surface area contributed by atoms with Gasteiger partial charge >= 0.3 is 0 Å². The molecule has 0 unspecified atom stereocenters. The molecule has 222 valence electrons. The lowest BCUT2D eigenvalue weighted by Gasteiger charge is -2.17. The summed E-state index contributed by atoms with van der Waals surface area (Å²) in [7, 11) is 0. The molecule has 0 spiro atoms. The number of hydrogen-bond donors (Lipinski definition) is 0. The second-order valence-electron chi connectivity index (χ2n) is 12.5. The highest BCUT2D eigenvalue weighted by Gasteiger charge is 2.17. The Morgan fingerprint density at radius 1 is 0.292 bits per heavy atom. The van der Waals surface area contributed by atoms with Gasteiger partial charge in [-0.3, -0.25) is 4.98 Å². The third-order valence-electron chi connectivity index (χ3n) is 9.90. The third-order valence-corrected chi connectivity index (χ3v) is 9.90. The summed E-state index contributed by atoms with van der Waals surface area (Å²) in [5.74, 6) is 0. The summed E-state index contributed by atoms with van der Waals surface area (Å²) in [6, 6.07) is 59.2. The number of nitrogens with zero attached hydrogens (tertiary/aromatic N) is 2. The molecule has 0 bridgehead atoms. The van der Waals surface area contributed by atoms with Crippen LogP contribution in [0.5, 0.6) is 0 Å². The fraction of sp³-hybridized carbons (Fsp3) is 0. The molecule has 0 aliphatic rings. The normalized spacial score (nSPS) is 11.8. The van der Waals surface area contributed by atoms with Crippen LogP contribution in [0.3, 0.4) is 0 Å². The van der Waals surface area contributed by atoms with Gasteiger partial charge in [0.15, 0.2) is 0 Å². The van der Waals surface area contributed by atoms with E-state index in [0.29, 0.717) is 0 Å². The average Bonchev–Trinajstić information content (AvgIpc) is 3.16. The molecule has 0 saturated carbocycles. The van der Waals surface area contributed by atoms with Gasteiger partial charge in [0, 0.05) is 22.5 Å². The number of aromatic nitrogens is 2. The van der Waals surface area contributed by atoms with E-state index >= 15 is 0 Å². The lowest BCUT2D eigenvalue weighted by Crippen LogP contribution is -1.92. The van der Waals surface area contributed by atoms with Gasteiger partial charge in [-0.25, -0.2) is 4.98 Å². The van der Waals surface area contributed by atoms with Crippen molar-refractivity contribution in [1.82, 2.24) is 9.97 Å². The van der Waals surface area contributed by atoms with E-state index in [0.717, 1.165) is 33.1 Å². The monoisotopic (exact) mass is 608 g/mol.